The molecule has 1 amide bonds. The first-order valence-electron chi connectivity index (χ1n) is 8.65. The van der Waals surface area contributed by atoms with Crippen LogP contribution < -0.4 is 5.32 Å². The molecule has 1 heterocycles. The standard InChI is InChI=1S/C21H19ClN2O/c22-15-9-10-19-17(13-15)20(16-7-4-8-18(16)24-19)21(25)23-12-11-14-5-2-1-3-6-14/h1-3,5-6,9-10,13H,4,7-8,11-12H2,(H,23,25). The predicted molar refractivity (Wildman–Crippen MR) is 101 cm³/mol. The summed E-state index contributed by atoms with van der Waals surface area (Å²) >= 11 is 6.17. The van der Waals surface area contributed by atoms with Crippen molar-refractivity contribution in [1.82, 2.24) is 10.3 Å². The molecule has 4 rings (SSSR count). The molecule has 126 valence electrons. The average molecular weight is 351 g/mol. The van der Waals surface area contributed by atoms with Gasteiger partial charge in [-0.05, 0) is 55.0 Å². The molecule has 3 aromatic rings. The molecule has 1 aromatic heterocycles. The number of aryl methyl sites for hydroxylation is 1. The molecule has 0 radical (unpaired) electrons. The van der Waals surface area contributed by atoms with E-state index in [1.165, 1.54) is 5.56 Å². The first-order chi connectivity index (χ1) is 12.2. The molecule has 2 aromatic carbocycles. The number of aromatic nitrogens is 1. The van der Waals surface area contributed by atoms with Crippen molar-refractivity contribution in [3.8, 4) is 0 Å². The summed E-state index contributed by atoms with van der Waals surface area (Å²) in [5.74, 6) is -0.0243. The first-order valence-corrected chi connectivity index (χ1v) is 9.03. The van der Waals surface area contributed by atoms with Crippen molar-refractivity contribution >= 4 is 28.4 Å². The molecule has 1 aliphatic carbocycles. The number of fused-ring (bicyclic) bond motifs is 2. The zero-order chi connectivity index (χ0) is 17.2. The predicted octanol–water partition coefficient (Wildman–Crippen LogP) is 4.35. The molecule has 4 heteroatoms. The highest BCUT2D eigenvalue weighted by Crippen LogP contribution is 2.31. The normalized spacial score (nSPS) is 13.0. The van der Waals surface area contributed by atoms with Gasteiger partial charge in [0.25, 0.3) is 5.91 Å². The van der Waals surface area contributed by atoms with E-state index in [1.54, 1.807) is 0 Å². The van der Waals surface area contributed by atoms with Gasteiger partial charge in [0.05, 0.1) is 11.1 Å². The van der Waals surface area contributed by atoms with E-state index < -0.39 is 0 Å². The van der Waals surface area contributed by atoms with Crippen LogP contribution in [0, 0.1) is 0 Å². The van der Waals surface area contributed by atoms with Gasteiger partial charge in [-0.3, -0.25) is 9.78 Å². The highest BCUT2D eigenvalue weighted by Gasteiger charge is 2.23. The van der Waals surface area contributed by atoms with E-state index in [4.69, 9.17) is 16.6 Å². The Labute approximate surface area is 152 Å². The van der Waals surface area contributed by atoms with Gasteiger partial charge >= 0.3 is 0 Å². The van der Waals surface area contributed by atoms with Crippen LogP contribution in [-0.4, -0.2) is 17.4 Å². The van der Waals surface area contributed by atoms with Crippen LogP contribution >= 0.6 is 11.6 Å². The van der Waals surface area contributed by atoms with E-state index in [9.17, 15) is 4.79 Å². The number of carbonyl (C=O) groups excluding carboxylic acids is 1. The Balaban J connectivity index is 1.63. The molecule has 0 bridgehead atoms. The Kier molecular flexibility index (Phi) is 4.41. The maximum Gasteiger partial charge on any atom is 0.252 e. The Hall–Kier alpha value is -2.39. The summed E-state index contributed by atoms with van der Waals surface area (Å²) < 4.78 is 0. The fourth-order valence-corrected chi connectivity index (χ4v) is 3.72. The Bertz CT molecular complexity index is 938. The van der Waals surface area contributed by atoms with Crippen LogP contribution in [0.25, 0.3) is 10.9 Å². The molecule has 25 heavy (non-hydrogen) atoms. The largest absolute Gasteiger partial charge is 0.352 e. The number of hydrogen-bond donors (Lipinski definition) is 1. The maximum absolute atomic E-state index is 12.9. The fourth-order valence-electron chi connectivity index (χ4n) is 3.55. The Morgan fingerprint density at radius 1 is 1.12 bits per heavy atom. The molecular weight excluding hydrogens is 332 g/mol. The van der Waals surface area contributed by atoms with Crippen molar-refractivity contribution in [3.05, 3.63) is 75.9 Å². The van der Waals surface area contributed by atoms with Gasteiger partial charge in [0, 0.05) is 22.6 Å². The van der Waals surface area contributed by atoms with Gasteiger partial charge in [0.2, 0.25) is 0 Å². The highest BCUT2D eigenvalue weighted by atomic mass is 35.5. The van der Waals surface area contributed by atoms with E-state index in [2.05, 4.69) is 17.4 Å². The van der Waals surface area contributed by atoms with E-state index >= 15 is 0 Å². The quantitative estimate of drug-likeness (QED) is 0.760. The summed E-state index contributed by atoms with van der Waals surface area (Å²) in [5, 5.41) is 4.56. The summed E-state index contributed by atoms with van der Waals surface area (Å²) in [6.07, 6.45) is 3.72. The molecule has 0 aliphatic heterocycles. The van der Waals surface area contributed by atoms with Gasteiger partial charge in [0.1, 0.15) is 0 Å². The molecular formula is C21H19ClN2O. The van der Waals surface area contributed by atoms with Crippen LogP contribution in [0.3, 0.4) is 0 Å². The Morgan fingerprint density at radius 3 is 2.80 bits per heavy atom. The summed E-state index contributed by atoms with van der Waals surface area (Å²) in [5.41, 5.74) is 4.97. The molecule has 3 nitrogen and oxygen atoms in total. The fraction of sp³-hybridized carbons (Fsp3) is 0.238. The molecule has 0 fully saturated rings. The Morgan fingerprint density at radius 2 is 1.96 bits per heavy atom. The number of hydrogen-bond acceptors (Lipinski definition) is 2. The third-order valence-corrected chi connectivity index (χ3v) is 4.98. The molecule has 1 aliphatic rings. The average Bonchev–Trinajstić information content (AvgIpc) is 3.08. The minimum Gasteiger partial charge on any atom is -0.352 e. The molecule has 0 saturated heterocycles. The molecule has 0 unspecified atom stereocenters. The number of benzene rings is 2. The third kappa shape index (κ3) is 3.24. The van der Waals surface area contributed by atoms with E-state index in [1.807, 2.05) is 36.4 Å². The van der Waals surface area contributed by atoms with Gasteiger partial charge < -0.3 is 5.32 Å². The lowest BCUT2D eigenvalue weighted by molar-refractivity contribution is 0.0955. The SMILES string of the molecule is O=C(NCCc1ccccc1)c1c2c(nc3ccc(Cl)cc13)CCC2. The number of rotatable bonds is 4. The molecule has 0 spiro atoms. The van der Waals surface area contributed by atoms with Gasteiger partial charge in [-0.2, -0.15) is 0 Å². The second-order valence-electron chi connectivity index (χ2n) is 6.42. The summed E-state index contributed by atoms with van der Waals surface area (Å²) in [7, 11) is 0. The lowest BCUT2D eigenvalue weighted by Crippen LogP contribution is -2.27. The second kappa shape index (κ2) is 6.85. The zero-order valence-corrected chi connectivity index (χ0v) is 14.6. The van der Waals surface area contributed by atoms with Crippen LogP contribution in [0.4, 0.5) is 0 Å². The zero-order valence-electron chi connectivity index (χ0n) is 13.9. The first kappa shape index (κ1) is 16.1. The van der Waals surface area contributed by atoms with Crippen LogP contribution in [0.2, 0.25) is 5.02 Å². The number of amides is 1. The van der Waals surface area contributed by atoms with Gasteiger partial charge in [-0.25, -0.2) is 0 Å². The van der Waals surface area contributed by atoms with E-state index in [0.717, 1.165) is 53.4 Å². The van der Waals surface area contributed by atoms with Crippen molar-refractivity contribution in [3.63, 3.8) is 0 Å². The smallest absolute Gasteiger partial charge is 0.252 e. The van der Waals surface area contributed by atoms with Gasteiger partial charge in [-0.1, -0.05) is 41.9 Å². The van der Waals surface area contributed by atoms with Crippen molar-refractivity contribution in [2.45, 2.75) is 25.7 Å². The maximum atomic E-state index is 12.9. The minimum absolute atomic E-state index is 0.0243. The van der Waals surface area contributed by atoms with Crippen LogP contribution in [0.15, 0.2) is 48.5 Å². The van der Waals surface area contributed by atoms with Crippen molar-refractivity contribution < 1.29 is 4.79 Å². The lowest BCUT2D eigenvalue weighted by Gasteiger charge is -2.13. The number of nitrogens with one attached hydrogen (secondary N) is 1. The van der Waals surface area contributed by atoms with E-state index in [-0.39, 0.29) is 5.91 Å². The van der Waals surface area contributed by atoms with Crippen LogP contribution in [0.5, 0.6) is 0 Å². The molecule has 0 atom stereocenters. The second-order valence-corrected chi connectivity index (χ2v) is 6.86. The van der Waals surface area contributed by atoms with Crippen LogP contribution in [0.1, 0.15) is 33.6 Å². The van der Waals surface area contributed by atoms with Crippen LogP contribution in [-0.2, 0) is 19.3 Å². The summed E-state index contributed by atoms with van der Waals surface area (Å²) in [4.78, 5) is 17.7. The summed E-state index contributed by atoms with van der Waals surface area (Å²) in [6, 6.07) is 15.8. The highest BCUT2D eigenvalue weighted by molar-refractivity contribution is 6.31. The number of halogens is 1. The summed E-state index contributed by atoms with van der Waals surface area (Å²) in [6.45, 7) is 0.613. The number of nitrogens with zero attached hydrogens (tertiary/aromatic N) is 1. The monoisotopic (exact) mass is 350 g/mol. The molecule has 0 saturated carbocycles. The molecule has 1 N–H and O–H groups in total. The van der Waals surface area contributed by atoms with Gasteiger partial charge in [-0.15, -0.1) is 0 Å². The third-order valence-electron chi connectivity index (χ3n) is 4.74. The van der Waals surface area contributed by atoms with Crippen molar-refractivity contribution in [2.75, 3.05) is 6.54 Å². The van der Waals surface area contributed by atoms with Crippen molar-refractivity contribution in [2.24, 2.45) is 0 Å². The van der Waals surface area contributed by atoms with Crippen molar-refractivity contribution in [1.29, 1.82) is 0 Å². The lowest BCUT2D eigenvalue weighted by atomic mass is 10.0. The minimum atomic E-state index is -0.0243. The van der Waals surface area contributed by atoms with Gasteiger partial charge in [0.15, 0.2) is 0 Å². The number of pyridine rings is 1. The topological polar surface area (TPSA) is 42.0 Å². The number of carbonyl (C=O) groups is 1. The van der Waals surface area contributed by atoms with E-state index in [0.29, 0.717) is 11.6 Å².